The third-order valence-corrected chi connectivity index (χ3v) is 6.16. The predicted octanol–water partition coefficient (Wildman–Crippen LogP) is 2.04. The van der Waals surface area contributed by atoms with Gasteiger partial charge in [-0.2, -0.15) is 5.10 Å². The normalized spacial score (nSPS) is 18.7. The molecule has 1 saturated heterocycles. The molecule has 1 fully saturated rings. The minimum Gasteiger partial charge on any atom is -0.336 e. The van der Waals surface area contributed by atoms with Gasteiger partial charge in [-0.1, -0.05) is 13.8 Å². The van der Waals surface area contributed by atoms with Crippen LogP contribution in [-0.4, -0.2) is 54.5 Å². The molecule has 0 unspecified atom stereocenters. The molecule has 0 aliphatic carbocycles. The van der Waals surface area contributed by atoms with Crippen LogP contribution in [0.25, 0.3) is 0 Å². The van der Waals surface area contributed by atoms with Crippen LogP contribution in [0.3, 0.4) is 0 Å². The number of fused-ring (bicyclic) bond motifs is 1. The van der Waals surface area contributed by atoms with Crippen LogP contribution in [0, 0.1) is 0 Å². The fourth-order valence-electron chi connectivity index (χ4n) is 4.50. The molecule has 0 spiro atoms. The molecule has 0 radical (unpaired) electrons. The van der Waals surface area contributed by atoms with Gasteiger partial charge in [0.2, 0.25) is 5.91 Å². The summed E-state index contributed by atoms with van der Waals surface area (Å²) in [5.41, 5.74) is 1.71. The summed E-state index contributed by atoms with van der Waals surface area (Å²) in [4.78, 5) is 49.4. The first-order chi connectivity index (χ1) is 15.0. The second-order valence-electron chi connectivity index (χ2n) is 8.30. The number of nitrogens with zero attached hydrogens (tertiary/aromatic N) is 5. The molecule has 0 aromatic carbocycles. The van der Waals surface area contributed by atoms with Crippen LogP contribution in [0.5, 0.6) is 0 Å². The third kappa shape index (κ3) is 4.26. The molecule has 31 heavy (non-hydrogen) atoms. The maximum atomic E-state index is 13.3. The molecule has 2 amide bonds. The number of nitrogens with one attached hydrogen (secondary N) is 1. The Morgan fingerprint density at radius 2 is 2.06 bits per heavy atom. The number of hydrogen-bond donors (Lipinski definition) is 1. The van der Waals surface area contributed by atoms with Crippen LogP contribution in [-0.2, 0) is 24.3 Å². The Labute approximate surface area is 181 Å². The van der Waals surface area contributed by atoms with Crippen molar-refractivity contribution in [2.75, 3.05) is 13.1 Å². The molecule has 1 atom stereocenters. The van der Waals surface area contributed by atoms with E-state index in [0.29, 0.717) is 55.1 Å². The fraction of sp³-hybridized carbons (Fsp3) is 0.591. The number of rotatable bonds is 5. The Bertz CT molecular complexity index is 1030. The first kappa shape index (κ1) is 21.3. The summed E-state index contributed by atoms with van der Waals surface area (Å²) in [5, 5.41) is 4.28. The van der Waals surface area contributed by atoms with Gasteiger partial charge in [0.25, 0.3) is 11.5 Å². The molecule has 4 rings (SSSR count). The van der Waals surface area contributed by atoms with Gasteiger partial charge in [-0.25, -0.2) is 4.98 Å². The van der Waals surface area contributed by atoms with Crippen LogP contribution in [0.1, 0.15) is 79.4 Å². The van der Waals surface area contributed by atoms with Crippen molar-refractivity contribution in [3.05, 3.63) is 45.4 Å². The van der Waals surface area contributed by atoms with Crippen molar-refractivity contribution < 1.29 is 9.59 Å². The molecule has 0 saturated carbocycles. The number of hydrogen-bond acceptors (Lipinski definition) is 5. The molecule has 9 nitrogen and oxygen atoms in total. The lowest BCUT2D eigenvalue weighted by Gasteiger charge is -2.35. The maximum absolute atomic E-state index is 13.3. The van der Waals surface area contributed by atoms with Gasteiger partial charge in [0.1, 0.15) is 5.82 Å². The maximum Gasteiger partial charge on any atom is 0.257 e. The Balaban J connectivity index is 1.62. The number of likely N-dealkylation sites (tertiary alicyclic amines) is 1. The first-order valence-electron chi connectivity index (χ1n) is 11.2. The Morgan fingerprint density at radius 1 is 1.23 bits per heavy atom. The number of aryl methyl sites for hydroxylation is 1. The highest BCUT2D eigenvalue weighted by atomic mass is 16.2. The zero-order valence-corrected chi connectivity index (χ0v) is 18.3. The summed E-state index contributed by atoms with van der Waals surface area (Å²) in [6, 6.07) is -0.286. The van der Waals surface area contributed by atoms with Crippen LogP contribution < -0.4 is 5.56 Å². The predicted molar refractivity (Wildman–Crippen MR) is 114 cm³/mol. The lowest BCUT2D eigenvalue weighted by atomic mass is 9.99. The van der Waals surface area contributed by atoms with E-state index in [1.165, 1.54) is 0 Å². The molecule has 2 aliphatic heterocycles. The van der Waals surface area contributed by atoms with Crippen LogP contribution in [0.4, 0.5) is 0 Å². The Kier molecular flexibility index (Phi) is 6.20. The summed E-state index contributed by atoms with van der Waals surface area (Å²) >= 11 is 0. The number of piperidine rings is 1. The third-order valence-electron chi connectivity index (χ3n) is 6.16. The Morgan fingerprint density at radius 3 is 2.84 bits per heavy atom. The molecule has 1 N–H and O–H groups in total. The van der Waals surface area contributed by atoms with Crippen LogP contribution in [0.2, 0.25) is 0 Å². The molecular weight excluding hydrogens is 396 g/mol. The van der Waals surface area contributed by atoms with E-state index >= 15 is 0 Å². The van der Waals surface area contributed by atoms with Crippen molar-refractivity contribution in [1.29, 1.82) is 0 Å². The van der Waals surface area contributed by atoms with E-state index in [-0.39, 0.29) is 23.4 Å². The highest BCUT2D eigenvalue weighted by molar-refractivity contribution is 5.94. The minimum atomic E-state index is -0.286. The monoisotopic (exact) mass is 426 g/mol. The van der Waals surface area contributed by atoms with E-state index in [1.807, 2.05) is 6.92 Å². The van der Waals surface area contributed by atoms with E-state index in [0.717, 1.165) is 32.2 Å². The summed E-state index contributed by atoms with van der Waals surface area (Å²) in [6.07, 6.45) is 7.91. The molecule has 2 aromatic rings. The van der Waals surface area contributed by atoms with Gasteiger partial charge in [-0.05, 0) is 32.1 Å². The molecule has 2 aromatic heterocycles. The highest BCUT2D eigenvalue weighted by Crippen LogP contribution is 2.30. The van der Waals surface area contributed by atoms with Gasteiger partial charge in [0.05, 0.1) is 30.0 Å². The number of aromatic nitrogens is 4. The van der Waals surface area contributed by atoms with Gasteiger partial charge in [0.15, 0.2) is 0 Å². The molecule has 9 heteroatoms. The van der Waals surface area contributed by atoms with Crippen molar-refractivity contribution in [1.82, 2.24) is 29.5 Å². The number of carbonyl (C=O) groups excluding carboxylic acids is 2. The standard InChI is InChI=1S/C22H30N6O3/c1-3-9-27-13-15(12-23-27)22(31)28-10-6-5-7-18(28)20-24-17-14-26(19(29)4-2)11-8-16(17)21(30)25-20/h12-13,18H,3-11,14H2,1-2H3,(H,24,25,30)/t18-/m1/s1. The van der Waals surface area contributed by atoms with E-state index < -0.39 is 0 Å². The molecule has 4 heterocycles. The summed E-state index contributed by atoms with van der Waals surface area (Å²) in [6.45, 7) is 6.18. The molecule has 166 valence electrons. The second-order valence-corrected chi connectivity index (χ2v) is 8.30. The van der Waals surface area contributed by atoms with Crippen molar-refractivity contribution in [3.63, 3.8) is 0 Å². The van der Waals surface area contributed by atoms with Gasteiger partial charge < -0.3 is 14.8 Å². The van der Waals surface area contributed by atoms with Crippen molar-refractivity contribution in [2.24, 2.45) is 0 Å². The lowest BCUT2D eigenvalue weighted by molar-refractivity contribution is -0.131. The number of H-pyrrole nitrogens is 1. The lowest BCUT2D eigenvalue weighted by Crippen LogP contribution is -2.42. The van der Waals surface area contributed by atoms with E-state index in [2.05, 4.69) is 17.0 Å². The summed E-state index contributed by atoms with van der Waals surface area (Å²) < 4.78 is 1.78. The second kappa shape index (κ2) is 9.03. The van der Waals surface area contributed by atoms with Crippen LogP contribution in [0.15, 0.2) is 17.2 Å². The van der Waals surface area contributed by atoms with E-state index in [4.69, 9.17) is 4.98 Å². The highest BCUT2D eigenvalue weighted by Gasteiger charge is 2.32. The average molecular weight is 427 g/mol. The van der Waals surface area contributed by atoms with E-state index in [9.17, 15) is 14.4 Å². The number of carbonyl (C=O) groups is 2. The molecule has 0 bridgehead atoms. The van der Waals surface area contributed by atoms with Gasteiger partial charge in [-0.3, -0.25) is 19.1 Å². The van der Waals surface area contributed by atoms with Crippen molar-refractivity contribution in [2.45, 2.75) is 71.5 Å². The zero-order chi connectivity index (χ0) is 22.0. The first-order valence-corrected chi connectivity index (χ1v) is 11.2. The summed E-state index contributed by atoms with van der Waals surface area (Å²) in [7, 11) is 0. The van der Waals surface area contributed by atoms with Gasteiger partial charge in [0, 0.05) is 37.8 Å². The number of aromatic amines is 1. The average Bonchev–Trinajstić information content (AvgIpc) is 3.26. The van der Waals surface area contributed by atoms with Crippen molar-refractivity contribution >= 4 is 11.8 Å². The zero-order valence-electron chi connectivity index (χ0n) is 18.3. The fourth-order valence-corrected chi connectivity index (χ4v) is 4.50. The van der Waals surface area contributed by atoms with Gasteiger partial charge >= 0.3 is 0 Å². The summed E-state index contributed by atoms with van der Waals surface area (Å²) in [5.74, 6) is 0.492. The SMILES string of the molecule is CCCn1cc(C(=O)N2CCCC[C@@H]2c2nc3c(c(=O)[nH]2)CCN(C(=O)CC)C3)cn1. The molecule has 2 aliphatic rings. The quantitative estimate of drug-likeness (QED) is 0.788. The largest absolute Gasteiger partial charge is 0.336 e. The smallest absolute Gasteiger partial charge is 0.257 e. The topological polar surface area (TPSA) is 104 Å². The minimum absolute atomic E-state index is 0.0628. The number of amides is 2. The van der Waals surface area contributed by atoms with Crippen LogP contribution >= 0.6 is 0 Å². The van der Waals surface area contributed by atoms with Gasteiger partial charge in [-0.15, -0.1) is 0 Å². The van der Waals surface area contributed by atoms with E-state index in [1.54, 1.807) is 26.9 Å². The van der Waals surface area contributed by atoms with Crippen molar-refractivity contribution in [3.8, 4) is 0 Å². The Hall–Kier alpha value is -2.97. The molecular formula is C22H30N6O3.